The molecule has 0 spiro atoms. The van der Waals surface area contributed by atoms with Crippen molar-refractivity contribution in [2.75, 3.05) is 18.8 Å². The van der Waals surface area contributed by atoms with Gasteiger partial charge in [-0.25, -0.2) is 9.97 Å². The molecule has 0 N–H and O–H groups in total. The van der Waals surface area contributed by atoms with E-state index in [0.717, 1.165) is 0 Å². The number of Topliss-reactive ketones (excluding diaryl/α,β-unsaturated/α-hetero) is 1. The lowest BCUT2D eigenvalue weighted by Gasteiger charge is -2.25. The molecule has 0 aromatic carbocycles. The maximum absolute atomic E-state index is 11.8. The number of likely N-dealkylation sites (tertiary alicyclic amines) is 1. The quantitative estimate of drug-likeness (QED) is 0.586. The van der Waals surface area contributed by atoms with E-state index in [4.69, 9.17) is 0 Å². The highest BCUT2D eigenvalue weighted by molar-refractivity contribution is 7.99. The van der Waals surface area contributed by atoms with Gasteiger partial charge in [0.15, 0.2) is 5.16 Å². The van der Waals surface area contributed by atoms with Crippen molar-refractivity contribution in [3.8, 4) is 0 Å². The molecular formula is C11H13N3O2S. The third-order valence-corrected chi connectivity index (χ3v) is 3.40. The Hall–Kier alpha value is -1.43. The first-order chi connectivity index (χ1) is 8.25. The largest absolute Gasteiger partial charge is 0.341 e. The summed E-state index contributed by atoms with van der Waals surface area (Å²) in [6.07, 6.45) is 4.27. The summed E-state index contributed by atoms with van der Waals surface area (Å²) in [4.78, 5) is 32.7. The van der Waals surface area contributed by atoms with Crippen LogP contribution in [0.5, 0.6) is 0 Å². The Balaban J connectivity index is 1.80. The van der Waals surface area contributed by atoms with Gasteiger partial charge in [0, 0.05) is 38.3 Å². The monoisotopic (exact) mass is 251 g/mol. The molecule has 0 saturated carbocycles. The SMILES string of the molecule is O=C1CCN(C(=O)CSc2ncccn2)CC1. The molecule has 2 rings (SSSR count). The first kappa shape index (κ1) is 12.0. The van der Waals surface area contributed by atoms with E-state index in [9.17, 15) is 9.59 Å². The fraction of sp³-hybridized carbons (Fsp3) is 0.455. The number of carbonyl (C=O) groups is 2. The van der Waals surface area contributed by atoms with Crippen LogP contribution in [0.1, 0.15) is 12.8 Å². The highest BCUT2D eigenvalue weighted by Crippen LogP contribution is 2.13. The molecule has 0 atom stereocenters. The molecule has 90 valence electrons. The smallest absolute Gasteiger partial charge is 0.233 e. The van der Waals surface area contributed by atoms with E-state index in [2.05, 4.69) is 9.97 Å². The summed E-state index contributed by atoms with van der Waals surface area (Å²) < 4.78 is 0. The normalized spacial score (nSPS) is 16.0. The van der Waals surface area contributed by atoms with E-state index < -0.39 is 0 Å². The van der Waals surface area contributed by atoms with Gasteiger partial charge in [-0.1, -0.05) is 11.8 Å². The zero-order valence-electron chi connectivity index (χ0n) is 9.33. The number of hydrogen-bond acceptors (Lipinski definition) is 5. The van der Waals surface area contributed by atoms with Gasteiger partial charge in [0.05, 0.1) is 5.75 Å². The summed E-state index contributed by atoms with van der Waals surface area (Å²) in [6, 6.07) is 1.74. The lowest BCUT2D eigenvalue weighted by molar-refractivity contribution is -0.132. The molecule has 1 amide bonds. The van der Waals surface area contributed by atoms with Crippen LogP contribution in [0.4, 0.5) is 0 Å². The van der Waals surface area contributed by atoms with Crippen molar-refractivity contribution in [2.45, 2.75) is 18.0 Å². The Kier molecular flexibility index (Phi) is 4.08. The first-order valence-electron chi connectivity index (χ1n) is 5.45. The molecule has 0 aliphatic carbocycles. The van der Waals surface area contributed by atoms with Gasteiger partial charge in [-0.05, 0) is 6.07 Å². The van der Waals surface area contributed by atoms with Crippen LogP contribution in [-0.2, 0) is 9.59 Å². The highest BCUT2D eigenvalue weighted by Gasteiger charge is 2.20. The number of rotatable bonds is 3. The predicted octanol–water partition coefficient (Wildman–Crippen LogP) is 0.760. The number of aromatic nitrogens is 2. The number of nitrogens with zero attached hydrogens (tertiary/aromatic N) is 3. The first-order valence-corrected chi connectivity index (χ1v) is 6.43. The van der Waals surface area contributed by atoms with E-state index in [0.29, 0.717) is 36.8 Å². The summed E-state index contributed by atoms with van der Waals surface area (Å²) in [5.41, 5.74) is 0. The molecule has 1 aromatic rings. The van der Waals surface area contributed by atoms with Crippen LogP contribution in [0.25, 0.3) is 0 Å². The van der Waals surface area contributed by atoms with Crippen LogP contribution in [0.3, 0.4) is 0 Å². The van der Waals surface area contributed by atoms with Gasteiger partial charge < -0.3 is 4.90 Å². The van der Waals surface area contributed by atoms with Gasteiger partial charge in [0.1, 0.15) is 5.78 Å². The summed E-state index contributed by atoms with van der Waals surface area (Å²) in [5, 5.41) is 0.605. The minimum atomic E-state index is 0.0509. The van der Waals surface area contributed by atoms with Crippen molar-refractivity contribution in [3.63, 3.8) is 0 Å². The molecule has 0 unspecified atom stereocenters. The van der Waals surface area contributed by atoms with E-state index >= 15 is 0 Å². The summed E-state index contributed by atoms with van der Waals surface area (Å²) in [5.74, 6) is 0.626. The standard InChI is InChI=1S/C11H13N3O2S/c15-9-2-6-14(7-3-9)10(16)8-17-11-12-4-1-5-13-11/h1,4-5H,2-3,6-8H2. The van der Waals surface area contributed by atoms with Crippen LogP contribution in [0.2, 0.25) is 0 Å². The number of piperidine rings is 1. The highest BCUT2D eigenvalue weighted by atomic mass is 32.2. The molecule has 1 aromatic heterocycles. The number of amides is 1. The Morgan fingerprint density at radius 2 is 1.94 bits per heavy atom. The number of thioether (sulfide) groups is 1. The zero-order chi connectivity index (χ0) is 12.1. The van der Waals surface area contributed by atoms with E-state index in [1.54, 1.807) is 23.4 Å². The van der Waals surface area contributed by atoms with Crippen molar-refractivity contribution >= 4 is 23.5 Å². The zero-order valence-corrected chi connectivity index (χ0v) is 10.2. The Labute approximate surface area is 104 Å². The second kappa shape index (κ2) is 5.77. The molecular weight excluding hydrogens is 238 g/mol. The topological polar surface area (TPSA) is 63.2 Å². The minimum Gasteiger partial charge on any atom is -0.341 e. The third-order valence-electron chi connectivity index (χ3n) is 2.54. The Bertz CT molecular complexity index is 400. The lowest BCUT2D eigenvalue weighted by atomic mass is 10.1. The second-order valence-electron chi connectivity index (χ2n) is 3.74. The average molecular weight is 251 g/mol. The average Bonchev–Trinajstić information content (AvgIpc) is 2.38. The lowest BCUT2D eigenvalue weighted by Crippen LogP contribution is -2.39. The van der Waals surface area contributed by atoms with Gasteiger partial charge >= 0.3 is 0 Å². The van der Waals surface area contributed by atoms with Gasteiger partial charge in [0.25, 0.3) is 0 Å². The molecule has 1 aliphatic rings. The summed E-state index contributed by atoms with van der Waals surface area (Å²) in [6.45, 7) is 1.10. The maximum Gasteiger partial charge on any atom is 0.233 e. The summed E-state index contributed by atoms with van der Waals surface area (Å²) in [7, 11) is 0. The molecule has 6 heteroatoms. The third kappa shape index (κ3) is 3.52. The fourth-order valence-electron chi connectivity index (χ4n) is 1.58. The van der Waals surface area contributed by atoms with Crippen molar-refractivity contribution in [2.24, 2.45) is 0 Å². The van der Waals surface area contributed by atoms with Gasteiger partial charge in [-0.3, -0.25) is 9.59 Å². The minimum absolute atomic E-state index is 0.0509. The second-order valence-corrected chi connectivity index (χ2v) is 4.68. The predicted molar refractivity (Wildman–Crippen MR) is 63.6 cm³/mol. The van der Waals surface area contributed by atoms with Crippen LogP contribution < -0.4 is 0 Å². The Morgan fingerprint density at radius 1 is 1.29 bits per heavy atom. The maximum atomic E-state index is 11.8. The van der Waals surface area contributed by atoms with Crippen molar-refractivity contribution in [1.29, 1.82) is 0 Å². The summed E-state index contributed by atoms with van der Waals surface area (Å²) >= 11 is 1.32. The Morgan fingerprint density at radius 3 is 2.59 bits per heavy atom. The molecule has 1 aliphatic heterocycles. The fourth-order valence-corrected chi connectivity index (χ4v) is 2.29. The van der Waals surface area contributed by atoms with Gasteiger partial charge in [-0.2, -0.15) is 0 Å². The molecule has 0 radical (unpaired) electrons. The number of hydrogen-bond donors (Lipinski definition) is 0. The van der Waals surface area contributed by atoms with E-state index in [1.165, 1.54) is 11.8 Å². The number of carbonyl (C=O) groups excluding carboxylic acids is 2. The van der Waals surface area contributed by atoms with E-state index in [-0.39, 0.29) is 11.7 Å². The van der Waals surface area contributed by atoms with Crippen molar-refractivity contribution in [1.82, 2.24) is 14.9 Å². The van der Waals surface area contributed by atoms with Crippen LogP contribution in [0.15, 0.2) is 23.6 Å². The number of ketones is 1. The van der Waals surface area contributed by atoms with Crippen LogP contribution in [0, 0.1) is 0 Å². The molecule has 0 bridgehead atoms. The van der Waals surface area contributed by atoms with Crippen molar-refractivity contribution < 1.29 is 9.59 Å². The van der Waals surface area contributed by atoms with Crippen LogP contribution in [-0.4, -0.2) is 45.4 Å². The van der Waals surface area contributed by atoms with Crippen LogP contribution >= 0.6 is 11.8 Å². The molecule has 17 heavy (non-hydrogen) atoms. The van der Waals surface area contributed by atoms with E-state index in [1.807, 2.05) is 0 Å². The molecule has 2 heterocycles. The molecule has 5 nitrogen and oxygen atoms in total. The van der Waals surface area contributed by atoms with Gasteiger partial charge in [0.2, 0.25) is 5.91 Å². The van der Waals surface area contributed by atoms with Crippen molar-refractivity contribution in [3.05, 3.63) is 18.5 Å². The molecule has 1 saturated heterocycles. The molecule has 1 fully saturated rings. The van der Waals surface area contributed by atoms with Gasteiger partial charge in [-0.15, -0.1) is 0 Å².